The smallest absolute Gasteiger partial charge is 0.305 e. The highest BCUT2D eigenvalue weighted by Crippen LogP contribution is 2.06. The maximum Gasteiger partial charge on any atom is 0.305 e. The van der Waals surface area contributed by atoms with E-state index in [1.807, 2.05) is 30.3 Å². The van der Waals surface area contributed by atoms with Crippen LogP contribution >= 0.6 is 0 Å². The fraction of sp³-hybridized carbons (Fsp3) is 0.231. The second-order valence-electron chi connectivity index (χ2n) is 4.36. The molecule has 1 atom stereocenters. The van der Waals surface area contributed by atoms with Crippen LogP contribution in [0.15, 0.2) is 36.5 Å². The molecule has 7 nitrogen and oxygen atoms in total. The van der Waals surface area contributed by atoms with Gasteiger partial charge in [0.1, 0.15) is 0 Å². The van der Waals surface area contributed by atoms with Gasteiger partial charge in [-0.1, -0.05) is 23.4 Å². The average molecular weight is 274 g/mol. The van der Waals surface area contributed by atoms with Gasteiger partial charge in [0.05, 0.1) is 18.3 Å². The maximum absolute atomic E-state index is 11.9. The Morgan fingerprint density at radius 3 is 2.70 bits per heavy atom. The Balaban J connectivity index is 2.05. The fourth-order valence-corrected chi connectivity index (χ4v) is 1.69. The molecule has 0 saturated carbocycles. The number of nitrogens with one attached hydrogen (secondary N) is 1. The number of amides is 1. The second kappa shape index (κ2) is 5.96. The Hall–Kier alpha value is -2.70. The SMILES string of the molecule is CC(CC(=O)O)NC(=O)c1cn(-c2ccccc2)nn1. The molecule has 0 radical (unpaired) electrons. The Bertz CT molecular complexity index is 609. The quantitative estimate of drug-likeness (QED) is 0.842. The zero-order valence-electron chi connectivity index (χ0n) is 10.9. The van der Waals surface area contributed by atoms with Gasteiger partial charge in [0, 0.05) is 6.04 Å². The molecule has 0 aliphatic carbocycles. The molecule has 1 aromatic carbocycles. The van der Waals surface area contributed by atoms with Crippen molar-refractivity contribution < 1.29 is 14.7 Å². The number of carboxylic acids is 1. The highest BCUT2D eigenvalue weighted by atomic mass is 16.4. The summed E-state index contributed by atoms with van der Waals surface area (Å²) < 4.78 is 1.48. The molecular weight excluding hydrogens is 260 g/mol. The molecule has 2 rings (SSSR count). The van der Waals surface area contributed by atoms with Crippen molar-refractivity contribution in [3.8, 4) is 5.69 Å². The number of aliphatic carboxylic acids is 1. The van der Waals surface area contributed by atoms with Crippen molar-refractivity contribution >= 4 is 11.9 Å². The van der Waals surface area contributed by atoms with E-state index in [1.165, 1.54) is 10.9 Å². The van der Waals surface area contributed by atoms with Gasteiger partial charge < -0.3 is 10.4 Å². The Kier molecular flexibility index (Phi) is 4.09. The fourth-order valence-electron chi connectivity index (χ4n) is 1.69. The first-order valence-corrected chi connectivity index (χ1v) is 6.06. The first-order chi connectivity index (χ1) is 9.56. The summed E-state index contributed by atoms with van der Waals surface area (Å²) in [4.78, 5) is 22.4. The van der Waals surface area contributed by atoms with Crippen molar-refractivity contribution in [2.24, 2.45) is 0 Å². The summed E-state index contributed by atoms with van der Waals surface area (Å²) in [5.41, 5.74) is 0.934. The number of benzene rings is 1. The molecule has 1 heterocycles. The summed E-state index contributed by atoms with van der Waals surface area (Å²) in [5.74, 6) is -1.41. The molecule has 0 aliphatic heterocycles. The van der Waals surface area contributed by atoms with E-state index >= 15 is 0 Å². The number of carboxylic acid groups (broad SMARTS) is 1. The number of rotatable bonds is 5. The topological polar surface area (TPSA) is 97.1 Å². The van der Waals surface area contributed by atoms with E-state index in [9.17, 15) is 9.59 Å². The average Bonchev–Trinajstić information content (AvgIpc) is 2.88. The molecule has 1 aromatic heterocycles. The second-order valence-corrected chi connectivity index (χ2v) is 4.36. The molecule has 0 spiro atoms. The first-order valence-electron chi connectivity index (χ1n) is 6.06. The van der Waals surface area contributed by atoms with Gasteiger partial charge in [0.25, 0.3) is 5.91 Å². The lowest BCUT2D eigenvalue weighted by molar-refractivity contribution is -0.137. The normalized spacial score (nSPS) is 11.8. The maximum atomic E-state index is 11.9. The van der Waals surface area contributed by atoms with E-state index in [-0.39, 0.29) is 12.1 Å². The Morgan fingerprint density at radius 2 is 2.05 bits per heavy atom. The third-order valence-electron chi connectivity index (χ3n) is 2.61. The largest absolute Gasteiger partial charge is 0.481 e. The monoisotopic (exact) mass is 274 g/mol. The molecule has 1 amide bonds. The molecule has 20 heavy (non-hydrogen) atoms. The van der Waals surface area contributed by atoms with E-state index in [4.69, 9.17) is 5.11 Å². The van der Waals surface area contributed by atoms with Crippen LogP contribution in [0.25, 0.3) is 5.69 Å². The van der Waals surface area contributed by atoms with Crippen LogP contribution in [0.4, 0.5) is 0 Å². The molecule has 0 bridgehead atoms. The van der Waals surface area contributed by atoms with E-state index in [1.54, 1.807) is 6.92 Å². The van der Waals surface area contributed by atoms with Crippen molar-refractivity contribution in [3.63, 3.8) is 0 Å². The Labute approximate surface area is 115 Å². The zero-order chi connectivity index (χ0) is 14.5. The molecular formula is C13H14N4O3. The zero-order valence-corrected chi connectivity index (χ0v) is 10.9. The minimum absolute atomic E-state index is 0.140. The third kappa shape index (κ3) is 3.41. The van der Waals surface area contributed by atoms with Gasteiger partial charge in [0.2, 0.25) is 0 Å². The lowest BCUT2D eigenvalue weighted by atomic mass is 10.2. The highest BCUT2D eigenvalue weighted by Gasteiger charge is 2.15. The number of nitrogens with zero attached hydrogens (tertiary/aromatic N) is 3. The van der Waals surface area contributed by atoms with Gasteiger partial charge in [-0.15, -0.1) is 5.10 Å². The summed E-state index contributed by atoms with van der Waals surface area (Å²) >= 11 is 0. The van der Waals surface area contributed by atoms with Gasteiger partial charge >= 0.3 is 5.97 Å². The summed E-state index contributed by atoms with van der Waals surface area (Å²) in [7, 11) is 0. The number of aromatic nitrogens is 3. The van der Waals surface area contributed by atoms with Gasteiger partial charge in [-0.25, -0.2) is 4.68 Å². The minimum Gasteiger partial charge on any atom is -0.481 e. The summed E-state index contributed by atoms with van der Waals surface area (Å²) in [5, 5.41) is 18.8. The molecule has 0 saturated heterocycles. The molecule has 1 unspecified atom stereocenters. The van der Waals surface area contributed by atoms with Crippen molar-refractivity contribution in [2.75, 3.05) is 0 Å². The van der Waals surface area contributed by atoms with Gasteiger partial charge in [-0.2, -0.15) is 0 Å². The molecule has 0 aliphatic rings. The molecule has 2 aromatic rings. The van der Waals surface area contributed by atoms with Crippen LogP contribution in [0.5, 0.6) is 0 Å². The van der Waals surface area contributed by atoms with Crippen LogP contribution in [-0.2, 0) is 4.79 Å². The third-order valence-corrected chi connectivity index (χ3v) is 2.61. The Morgan fingerprint density at radius 1 is 1.35 bits per heavy atom. The molecule has 2 N–H and O–H groups in total. The predicted octanol–water partition coefficient (Wildman–Crippen LogP) is 0.860. The lowest BCUT2D eigenvalue weighted by Crippen LogP contribution is -2.34. The van der Waals surface area contributed by atoms with Gasteiger partial charge in [-0.3, -0.25) is 9.59 Å². The minimum atomic E-state index is -0.967. The van der Waals surface area contributed by atoms with Crippen LogP contribution in [0.3, 0.4) is 0 Å². The van der Waals surface area contributed by atoms with E-state index in [0.717, 1.165) is 5.69 Å². The van der Waals surface area contributed by atoms with Crippen LogP contribution in [0.1, 0.15) is 23.8 Å². The van der Waals surface area contributed by atoms with E-state index in [2.05, 4.69) is 15.6 Å². The number of carbonyl (C=O) groups is 2. The van der Waals surface area contributed by atoms with Gasteiger partial charge in [-0.05, 0) is 19.1 Å². The van der Waals surface area contributed by atoms with Crippen molar-refractivity contribution in [1.29, 1.82) is 0 Å². The van der Waals surface area contributed by atoms with Gasteiger partial charge in [0.15, 0.2) is 5.69 Å². The first kappa shape index (κ1) is 13.7. The number of hydrogen-bond acceptors (Lipinski definition) is 4. The van der Waals surface area contributed by atoms with Crippen molar-refractivity contribution in [3.05, 3.63) is 42.2 Å². The van der Waals surface area contributed by atoms with Crippen LogP contribution in [0, 0.1) is 0 Å². The number of carbonyl (C=O) groups excluding carboxylic acids is 1. The summed E-state index contributed by atoms with van der Waals surface area (Å²) in [6.07, 6.45) is 1.36. The summed E-state index contributed by atoms with van der Waals surface area (Å²) in [6, 6.07) is 8.79. The molecule has 7 heteroatoms. The summed E-state index contributed by atoms with van der Waals surface area (Å²) in [6.45, 7) is 1.62. The standard InChI is InChI=1S/C13H14N4O3/c1-9(7-12(18)19)14-13(20)11-8-17(16-15-11)10-5-3-2-4-6-10/h2-6,8-9H,7H2,1H3,(H,14,20)(H,18,19). The van der Waals surface area contributed by atoms with Crippen molar-refractivity contribution in [2.45, 2.75) is 19.4 Å². The van der Waals surface area contributed by atoms with Crippen LogP contribution in [0.2, 0.25) is 0 Å². The molecule has 0 fully saturated rings. The number of hydrogen-bond donors (Lipinski definition) is 2. The van der Waals surface area contributed by atoms with E-state index in [0.29, 0.717) is 0 Å². The predicted molar refractivity (Wildman–Crippen MR) is 70.5 cm³/mol. The van der Waals surface area contributed by atoms with Crippen LogP contribution in [-0.4, -0.2) is 38.0 Å². The van der Waals surface area contributed by atoms with Crippen molar-refractivity contribution in [1.82, 2.24) is 20.3 Å². The van der Waals surface area contributed by atoms with E-state index < -0.39 is 17.9 Å². The number of para-hydroxylation sites is 1. The lowest BCUT2D eigenvalue weighted by Gasteiger charge is -2.09. The molecule has 104 valence electrons. The van der Waals surface area contributed by atoms with Crippen LogP contribution < -0.4 is 5.32 Å². The highest BCUT2D eigenvalue weighted by molar-refractivity contribution is 5.92.